The van der Waals surface area contributed by atoms with E-state index >= 15 is 0 Å². The normalized spacial score (nSPS) is 34.6. The lowest BCUT2D eigenvalue weighted by Gasteiger charge is -2.45. The molecule has 2 saturated heterocycles. The topological polar surface area (TPSA) is 209 Å². The summed E-state index contributed by atoms with van der Waals surface area (Å²) in [6.07, 6.45) is -14.7. The number of phenolic OH excluding ortho intramolecular Hbond substituents is 1. The van der Waals surface area contributed by atoms with E-state index < -0.39 is 68.0 Å². The average Bonchev–Trinajstić information content (AvgIpc) is 2.94. The maximum Gasteiger partial charge on any atom is 0.229 e. The first-order valence-electron chi connectivity index (χ1n) is 12.6. The fourth-order valence-corrected chi connectivity index (χ4v) is 4.69. The lowest BCUT2D eigenvalue weighted by molar-refractivity contribution is -0.354. The van der Waals surface area contributed by atoms with E-state index in [2.05, 4.69) is 0 Å². The minimum absolute atomic E-state index is 0.0478. The molecule has 0 aliphatic carbocycles. The van der Waals surface area contributed by atoms with Gasteiger partial charge >= 0.3 is 0 Å². The number of rotatable bonds is 6. The van der Waals surface area contributed by atoms with Gasteiger partial charge in [-0.25, -0.2) is 0 Å². The van der Waals surface area contributed by atoms with E-state index in [1.165, 1.54) is 43.3 Å². The van der Waals surface area contributed by atoms with Crippen molar-refractivity contribution >= 4 is 11.0 Å². The quantitative estimate of drug-likeness (QED) is 0.196. The van der Waals surface area contributed by atoms with E-state index in [1.807, 2.05) is 0 Å². The molecule has 13 heteroatoms. The number of fused-ring (bicyclic) bond motifs is 1. The molecule has 13 nitrogen and oxygen atoms in total. The smallest absolute Gasteiger partial charge is 0.229 e. The summed E-state index contributed by atoms with van der Waals surface area (Å²) in [5.41, 5.74) is 0.364. The lowest BCUT2D eigenvalue weighted by Crippen LogP contribution is -2.64. The molecule has 1 aromatic heterocycles. The summed E-state index contributed by atoms with van der Waals surface area (Å²) in [7, 11) is 0. The zero-order valence-electron chi connectivity index (χ0n) is 21.2. The highest BCUT2D eigenvalue weighted by Crippen LogP contribution is 2.32. The largest absolute Gasteiger partial charge is 0.508 e. The lowest BCUT2D eigenvalue weighted by atomic mass is 9.97. The number of hydrogen-bond donors (Lipinski definition) is 7. The van der Waals surface area contributed by atoms with Gasteiger partial charge in [0, 0.05) is 17.7 Å². The van der Waals surface area contributed by atoms with Crippen LogP contribution < -0.4 is 10.2 Å². The van der Waals surface area contributed by atoms with E-state index in [0.29, 0.717) is 5.56 Å². The maximum absolute atomic E-state index is 12.7. The van der Waals surface area contributed by atoms with Crippen molar-refractivity contribution in [3.8, 4) is 22.8 Å². The Hall–Kier alpha value is -3.11. The third-order valence-electron chi connectivity index (χ3n) is 7.03. The maximum atomic E-state index is 12.7. The molecule has 7 N–H and O–H groups in total. The Morgan fingerprint density at radius 2 is 1.55 bits per heavy atom. The van der Waals surface area contributed by atoms with Gasteiger partial charge in [0.05, 0.1) is 18.1 Å². The van der Waals surface area contributed by atoms with Gasteiger partial charge in [0.15, 0.2) is 17.8 Å². The van der Waals surface area contributed by atoms with Crippen LogP contribution >= 0.6 is 0 Å². The number of benzene rings is 2. The van der Waals surface area contributed by atoms with Crippen LogP contribution in [0.25, 0.3) is 22.3 Å². The Kier molecular flexibility index (Phi) is 8.10. The zero-order valence-corrected chi connectivity index (χ0v) is 21.2. The molecule has 2 aromatic carbocycles. The van der Waals surface area contributed by atoms with Gasteiger partial charge in [-0.2, -0.15) is 0 Å². The third-order valence-corrected chi connectivity index (χ3v) is 7.03. The molecule has 216 valence electrons. The van der Waals surface area contributed by atoms with Gasteiger partial charge < -0.3 is 59.1 Å². The predicted molar refractivity (Wildman–Crippen MR) is 135 cm³/mol. The van der Waals surface area contributed by atoms with Crippen molar-refractivity contribution in [1.29, 1.82) is 0 Å². The Bertz CT molecular complexity index is 1380. The number of aromatic hydroxyl groups is 1. The highest BCUT2D eigenvalue weighted by atomic mass is 16.8. The molecule has 0 radical (unpaired) electrons. The fourth-order valence-electron chi connectivity index (χ4n) is 4.69. The van der Waals surface area contributed by atoms with E-state index in [4.69, 9.17) is 23.4 Å². The van der Waals surface area contributed by atoms with Crippen molar-refractivity contribution < 1.29 is 59.1 Å². The second-order valence-electron chi connectivity index (χ2n) is 9.79. The van der Waals surface area contributed by atoms with Crippen LogP contribution in [0.3, 0.4) is 0 Å². The van der Waals surface area contributed by atoms with Crippen molar-refractivity contribution in [3.05, 3.63) is 58.8 Å². The average molecular weight is 563 g/mol. The Balaban J connectivity index is 1.44. The highest BCUT2D eigenvalue weighted by Gasteiger charge is 2.50. The number of phenols is 1. The minimum Gasteiger partial charge on any atom is -0.508 e. The second-order valence-corrected chi connectivity index (χ2v) is 9.79. The van der Waals surface area contributed by atoms with Gasteiger partial charge in [-0.05, 0) is 43.3 Å². The number of ether oxygens (including phenoxy) is 4. The molecule has 0 saturated carbocycles. The van der Waals surface area contributed by atoms with Crippen LogP contribution in [-0.2, 0) is 14.2 Å². The van der Waals surface area contributed by atoms with Crippen molar-refractivity contribution in [2.24, 2.45) is 0 Å². The molecule has 2 aliphatic rings. The van der Waals surface area contributed by atoms with Crippen LogP contribution in [0.15, 0.2) is 57.7 Å². The van der Waals surface area contributed by atoms with E-state index in [-0.39, 0.29) is 33.7 Å². The molecule has 0 spiro atoms. The van der Waals surface area contributed by atoms with Crippen molar-refractivity contribution in [2.75, 3.05) is 6.61 Å². The van der Waals surface area contributed by atoms with Crippen LogP contribution in [0, 0.1) is 0 Å². The molecular formula is C27H30O13. The summed E-state index contributed by atoms with van der Waals surface area (Å²) in [5, 5.41) is 71.2. The van der Waals surface area contributed by atoms with Crippen molar-refractivity contribution in [1.82, 2.24) is 0 Å². The van der Waals surface area contributed by atoms with Gasteiger partial charge in [-0.1, -0.05) is 0 Å². The van der Waals surface area contributed by atoms with E-state index in [1.54, 1.807) is 12.1 Å². The van der Waals surface area contributed by atoms with Crippen molar-refractivity contribution in [2.45, 2.75) is 68.3 Å². The summed E-state index contributed by atoms with van der Waals surface area (Å²) >= 11 is 0. The summed E-state index contributed by atoms with van der Waals surface area (Å²) in [6.45, 7) is 0.779. The van der Waals surface area contributed by atoms with Crippen LogP contribution in [0.4, 0.5) is 0 Å². The number of hydrogen-bond acceptors (Lipinski definition) is 13. The van der Waals surface area contributed by atoms with Gasteiger partial charge in [-0.3, -0.25) is 4.79 Å². The SMILES string of the molecule is CC1OC(OC2C(Oc3ccc4c(=O)cc(-c5ccc(O)cc5)oc4c3)OC(CO)C(O)C2O)C(O)C(O)C1O. The minimum atomic E-state index is -1.71. The van der Waals surface area contributed by atoms with Gasteiger partial charge in [-0.15, -0.1) is 0 Å². The van der Waals surface area contributed by atoms with Crippen LogP contribution in [0.2, 0.25) is 0 Å². The molecule has 40 heavy (non-hydrogen) atoms. The fraction of sp³-hybridized carbons (Fsp3) is 0.444. The first-order valence-corrected chi connectivity index (χ1v) is 12.6. The first-order chi connectivity index (χ1) is 19.1. The molecule has 0 amide bonds. The standard InChI is InChI=1S/C27H30O13/c1-11-20(31)22(33)24(35)26(36-11)40-25-23(34)21(32)19(10-28)39-27(25)37-14-6-7-15-16(30)9-17(38-18(15)8-14)12-2-4-13(29)5-3-12/h2-9,11,19-29,31-35H,10H2,1H3. The molecular weight excluding hydrogens is 532 g/mol. The zero-order chi connectivity index (χ0) is 28.7. The molecule has 3 heterocycles. The summed E-state index contributed by atoms with van der Waals surface area (Å²) in [4.78, 5) is 12.7. The highest BCUT2D eigenvalue weighted by molar-refractivity contribution is 5.80. The second kappa shape index (κ2) is 11.4. The van der Waals surface area contributed by atoms with Crippen LogP contribution in [0.1, 0.15) is 6.92 Å². The Morgan fingerprint density at radius 3 is 2.25 bits per heavy atom. The molecule has 5 rings (SSSR count). The Labute approximate surface area is 227 Å². The first kappa shape index (κ1) is 28.4. The molecule has 10 atom stereocenters. The molecule has 10 unspecified atom stereocenters. The summed E-state index contributed by atoms with van der Waals surface area (Å²) < 4.78 is 28.6. The predicted octanol–water partition coefficient (Wildman–Crippen LogP) is -0.804. The van der Waals surface area contributed by atoms with E-state index in [0.717, 1.165) is 0 Å². The van der Waals surface area contributed by atoms with Gasteiger partial charge in [0.2, 0.25) is 6.29 Å². The van der Waals surface area contributed by atoms with Crippen LogP contribution in [0.5, 0.6) is 11.5 Å². The van der Waals surface area contributed by atoms with Gasteiger partial charge in [0.25, 0.3) is 0 Å². The third kappa shape index (κ3) is 5.43. The molecule has 0 bridgehead atoms. The van der Waals surface area contributed by atoms with Crippen LogP contribution in [-0.4, -0.2) is 104 Å². The molecule has 3 aromatic rings. The monoisotopic (exact) mass is 562 g/mol. The molecule has 2 fully saturated rings. The summed E-state index contributed by atoms with van der Waals surface area (Å²) in [6, 6.07) is 11.7. The van der Waals surface area contributed by atoms with Crippen molar-refractivity contribution in [3.63, 3.8) is 0 Å². The van der Waals surface area contributed by atoms with Gasteiger partial charge in [0.1, 0.15) is 59.5 Å². The number of aliphatic hydroxyl groups excluding tert-OH is 6. The number of aliphatic hydroxyl groups is 6. The van der Waals surface area contributed by atoms with E-state index in [9.17, 15) is 40.5 Å². The summed E-state index contributed by atoms with van der Waals surface area (Å²) in [5.74, 6) is 0.389. The Morgan fingerprint density at radius 1 is 0.825 bits per heavy atom. The molecule has 2 aliphatic heterocycles.